The number of amides is 1. The summed E-state index contributed by atoms with van der Waals surface area (Å²) in [5, 5.41) is 12.3. The molecular weight excluding hydrogens is 423 g/mol. The second-order valence-corrected chi connectivity index (χ2v) is 7.33. The van der Waals surface area contributed by atoms with Gasteiger partial charge in [-0.15, -0.1) is 0 Å². The van der Waals surface area contributed by atoms with E-state index in [4.69, 9.17) is 0 Å². The van der Waals surface area contributed by atoms with Crippen LogP contribution >= 0.6 is 0 Å². The number of halogens is 3. The maximum Gasteiger partial charge on any atom is 0.386 e. The van der Waals surface area contributed by atoms with E-state index in [0.29, 0.717) is 6.54 Å². The summed E-state index contributed by atoms with van der Waals surface area (Å²) in [7, 11) is 0. The van der Waals surface area contributed by atoms with Gasteiger partial charge in [0, 0.05) is 36.8 Å². The molecule has 0 bridgehead atoms. The Kier molecular flexibility index (Phi) is 5.80. The monoisotopic (exact) mass is 443 g/mol. The lowest BCUT2D eigenvalue weighted by molar-refractivity contribution is -0.117. The van der Waals surface area contributed by atoms with E-state index >= 15 is 0 Å². The molecule has 3 N–H and O–H groups in total. The molecule has 5 rings (SSSR count). The summed E-state index contributed by atoms with van der Waals surface area (Å²) < 4.78 is 31.1. The van der Waals surface area contributed by atoms with E-state index in [9.17, 15) is 18.0 Å². The van der Waals surface area contributed by atoms with Crippen LogP contribution in [0.4, 0.5) is 24.7 Å². The molecule has 4 heterocycles. The molecule has 0 saturated carbocycles. The van der Waals surface area contributed by atoms with Gasteiger partial charge < -0.3 is 15.2 Å². The van der Waals surface area contributed by atoms with Crippen LogP contribution in [-0.4, -0.2) is 55.7 Å². The van der Waals surface area contributed by atoms with E-state index in [-0.39, 0.29) is 6.92 Å². The fourth-order valence-electron chi connectivity index (χ4n) is 3.39. The summed E-state index contributed by atoms with van der Waals surface area (Å²) in [5.74, 6) is 0.747. The minimum atomic E-state index is -4.00. The quantitative estimate of drug-likeness (QED) is 0.406. The molecule has 0 unspecified atom stereocenters. The molecule has 4 aromatic rings. The fourth-order valence-corrected chi connectivity index (χ4v) is 3.39. The summed E-state index contributed by atoms with van der Waals surface area (Å²) in [6, 6.07) is 8.06. The van der Waals surface area contributed by atoms with E-state index < -0.39 is 6.18 Å². The van der Waals surface area contributed by atoms with Crippen molar-refractivity contribution in [3.8, 4) is 0 Å². The number of anilines is 2. The lowest BCUT2D eigenvalue weighted by Crippen LogP contribution is -2.26. The highest BCUT2D eigenvalue weighted by atomic mass is 19.4. The third kappa shape index (κ3) is 5.05. The Bertz CT molecular complexity index is 1270. The van der Waals surface area contributed by atoms with Crippen molar-refractivity contribution in [3.63, 3.8) is 0 Å². The van der Waals surface area contributed by atoms with E-state index in [1.165, 1.54) is 5.57 Å². The van der Waals surface area contributed by atoms with Gasteiger partial charge in [-0.25, -0.2) is 9.97 Å². The summed E-state index contributed by atoms with van der Waals surface area (Å²) >= 11 is 0. The first-order chi connectivity index (χ1) is 15.3. The Morgan fingerprint density at radius 3 is 2.75 bits per heavy atom. The van der Waals surface area contributed by atoms with Crippen molar-refractivity contribution in [1.82, 2.24) is 30.0 Å². The number of nitrogens with zero attached hydrogens (tertiary/aromatic N) is 4. The Hall–Kier alpha value is -3.89. The minimum Gasteiger partial charge on any atom is -0.341 e. The van der Waals surface area contributed by atoms with Gasteiger partial charge in [0.2, 0.25) is 6.41 Å². The molecule has 0 spiro atoms. The number of hydrogen-bond donors (Lipinski definition) is 3. The second kappa shape index (κ2) is 8.69. The van der Waals surface area contributed by atoms with E-state index in [2.05, 4.69) is 42.6 Å². The maximum atomic E-state index is 10.9. The number of alkyl halides is 3. The van der Waals surface area contributed by atoms with Crippen LogP contribution in [-0.2, 0) is 4.79 Å². The number of H-pyrrole nitrogens is 2. The van der Waals surface area contributed by atoms with Crippen LogP contribution in [0.2, 0.25) is 0 Å². The van der Waals surface area contributed by atoms with Crippen molar-refractivity contribution < 1.29 is 18.0 Å². The molecule has 1 amide bonds. The van der Waals surface area contributed by atoms with Crippen LogP contribution in [0, 0.1) is 0 Å². The SMILES string of the molecule is CC(F)(F)F.O=CN1CC=C(c2cc3c(Nc4ccc5[nH]ncc5c4)ncnc3[nH]2)CC1. The van der Waals surface area contributed by atoms with E-state index in [1.807, 2.05) is 18.2 Å². The number of carbonyl (C=O) groups excluding carboxylic acids is 1. The number of aromatic amines is 2. The molecule has 1 aromatic carbocycles. The van der Waals surface area contributed by atoms with Gasteiger partial charge in [-0.2, -0.15) is 18.3 Å². The molecule has 0 fully saturated rings. The first-order valence-electron chi connectivity index (χ1n) is 9.79. The van der Waals surface area contributed by atoms with Crippen molar-refractivity contribution in [1.29, 1.82) is 0 Å². The highest BCUT2D eigenvalue weighted by Gasteiger charge is 2.16. The van der Waals surface area contributed by atoms with Crippen molar-refractivity contribution in [3.05, 3.63) is 48.6 Å². The zero-order valence-electron chi connectivity index (χ0n) is 17.1. The van der Waals surface area contributed by atoms with E-state index in [1.54, 1.807) is 17.4 Å². The molecule has 11 heteroatoms. The predicted molar refractivity (Wildman–Crippen MR) is 115 cm³/mol. The van der Waals surface area contributed by atoms with Crippen molar-refractivity contribution in [2.45, 2.75) is 19.5 Å². The molecule has 3 aromatic heterocycles. The highest BCUT2D eigenvalue weighted by molar-refractivity contribution is 5.93. The third-order valence-corrected chi connectivity index (χ3v) is 4.86. The summed E-state index contributed by atoms with van der Waals surface area (Å²) in [6.45, 7) is 1.55. The Balaban J connectivity index is 0.000000444. The molecule has 32 heavy (non-hydrogen) atoms. The van der Waals surface area contributed by atoms with Gasteiger partial charge in [0.15, 0.2) is 0 Å². The fraction of sp³-hybridized carbons (Fsp3) is 0.238. The average molecular weight is 443 g/mol. The molecule has 166 valence electrons. The molecule has 0 radical (unpaired) electrons. The third-order valence-electron chi connectivity index (χ3n) is 4.86. The Morgan fingerprint density at radius 1 is 1.22 bits per heavy atom. The summed E-state index contributed by atoms with van der Waals surface area (Å²) in [6.07, 6.45) is 3.13. The van der Waals surface area contributed by atoms with Gasteiger partial charge in [-0.1, -0.05) is 6.08 Å². The van der Waals surface area contributed by atoms with Crippen molar-refractivity contribution in [2.24, 2.45) is 0 Å². The van der Waals surface area contributed by atoms with Gasteiger partial charge in [0.25, 0.3) is 0 Å². The molecule has 8 nitrogen and oxygen atoms in total. The average Bonchev–Trinajstić information content (AvgIpc) is 3.40. The number of nitrogens with one attached hydrogen (secondary N) is 3. The molecule has 1 aliphatic rings. The zero-order valence-corrected chi connectivity index (χ0v) is 17.1. The molecule has 0 aliphatic carbocycles. The molecule has 1 aliphatic heterocycles. The smallest absolute Gasteiger partial charge is 0.341 e. The van der Waals surface area contributed by atoms with Gasteiger partial charge in [-0.05, 0) is 36.3 Å². The number of rotatable bonds is 4. The lowest BCUT2D eigenvalue weighted by Gasteiger charge is -2.21. The zero-order chi connectivity index (χ0) is 22.7. The van der Waals surface area contributed by atoms with E-state index in [0.717, 1.165) is 58.5 Å². The van der Waals surface area contributed by atoms with Crippen molar-refractivity contribution >= 4 is 45.4 Å². The van der Waals surface area contributed by atoms with Gasteiger partial charge in [0.1, 0.15) is 17.8 Å². The first kappa shape index (κ1) is 21.3. The number of benzene rings is 1. The lowest BCUT2D eigenvalue weighted by atomic mass is 10.1. The maximum absolute atomic E-state index is 10.9. The van der Waals surface area contributed by atoms with Crippen LogP contribution in [0.25, 0.3) is 27.5 Å². The van der Waals surface area contributed by atoms with Gasteiger partial charge in [-0.3, -0.25) is 9.89 Å². The molecule has 0 saturated heterocycles. The number of hydrogen-bond acceptors (Lipinski definition) is 5. The first-order valence-corrected chi connectivity index (χ1v) is 9.79. The minimum absolute atomic E-state index is 0.188. The van der Waals surface area contributed by atoms with Crippen LogP contribution in [0.1, 0.15) is 19.0 Å². The summed E-state index contributed by atoms with van der Waals surface area (Å²) in [4.78, 5) is 24.8. The van der Waals surface area contributed by atoms with Crippen LogP contribution in [0.3, 0.4) is 0 Å². The van der Waals surface area contributed by atoms with Crippen LogP contribution in [0.15, 0.2) is 42.9 Å². The van der Waals surface area contributed by atoms with Gasteiger partial charge >= 0.3 is 6.18 Å². The van der Waals surface area contributed by atoms with Crippen LogP contribution < -0.4 is 5.32 Å². The number of carbonyl (C=O) groups is 1. The van der Waals surface area contributed by atoms with Crippen molar-refractivity contribution in [2.75, 3.05) is 18.4 Å². The largest absolute Gasteiger partial charge is 0.386 e. The number of aromatic nitrogens is 5. The topological polar surface area (TPSA) is 103 Å². The van der Waals surface area contributed by atoms with Gasteiger partial charge in [0.05, 0.1) is 17.1 Å². The highest BCUT2D eigenvalue weighted by Crippen LogP contribution is 2.29. The Morgan fingerprint density at radius 2 is 2.03 bits per heavy atom. The second-order valence-electron chi connectivity index (χ2n) is 7.33. The Labute approximate surface area is 180 Å². The normalized spacial score (nSPS) is 14.1. The van der Waals surface area contributed by atoms with Crippen LogP contribution in [0.5, 0.6) is 0 Å². The predicted octanol–water partition coefficient (Wildman–Crippen LogP) is 4.39. The summed E-state index contributed by atoms with van der Waals surface area (Å²) in [5.41, 5.74) is 4.92. The molecule has 0 atom stereocenters. The molecular formula is C21H20F3N7O. The number of fused-ring (bicyclic) bond motifs is 2. The standard InChI is InChI=1S/C19H17N7O.C2H3F3/c27-11-26-5-3-12(4-6-26)17-8-15-18(20-10-21-19(15)24-17)23-14-1-2-16-13(7-14)9-22-25-16;1-2(3,4)5/h1-3,7-11H,4-6H2,(H,22,25)(H2,20,21,23,24);1H3.